The van der Waals surface area contributed by atoms with Gasteiger partial charge in [0.05, 0.1) is 11.4 Å². The van der Waals surface area contributed by atoms with Gasteiger partial charge >= 0.3 is 0 Å². The number of alkyl halides is 1. The lowest BCUT2D eigenvalue weighted by atomic mass is 10.2. The van der Waals surface area contributed by atoms with Gasteiger partial charge in [-0.25, -0.2) is 0 Å². The Morgan fingerprint density at radius 1 is 1.57 bits per heavy atom. The highest BCUT2D eigenvalue weighted by Crippen LogP contribution is 2.15. The number of nitrogens with one attached hydrogen (secondary N) is 1. The van der Waals surface area contributed by atoms with Crippen LogP contribution in [0.5, 0.6) is 0 Å². The quantitative estimate of drug-likeness (QED) is 0.813. The molecular weight excluding hydrogens is 246 g/mol. The monoisotopic (exact) mass is 257 g/mol. The van der Waals surface area contributed by atoms with E-state index in [9.17, 15) is 4.79 Å². The molecule has 0 aliphatic heterocycles. The molecule has 0 saturated carbocycles. The summed E-state index contributed by atoms with van der Waals surface area (Å²) in [6, 6.07) is 7.17. The van der Waals surface area contributed by atoms with Crippen LogP contribution in [0.4, 0.5) is 5.69 Å². The summed E-state index contributed by atoms with van der Waals surface area (Å²) in [6.45, 7) is 1.67. The first-order valence-electron chi connectivity index (χ1n) is 4.29. The topological polar surface area (TPSA) is 49.3 Å². The van der Waals surface area contributed by atoms with Crippen molar-refractivity contribution in [2.24, 2.45) is 0 Å². The molecule has 0 spiro atoms. The summed E-state index contributed by atoms with van der Waals surface area (Å²) in [4.78, 5) is 11.1. The molecule has 76 valence electrons. The molecule has 14 heavy (non-hydrogen) atoms. The largest absolute Gasteiger partial charge is 0.392 e. The average Bonchev–Trinajstić information content (AvgIpc) is 2.18. The fraction of sp³-hybridized carbons (Fsp3) is 0.300. The van der Waals surface area contributed by atoms with Crippen molar-refractivity contribution < 1.29 is 9.90 Å². The summed E-state index contributed by atoms with van der Waals surface area (Å²) >= 11 is 3.17. The number of halogens is 1. The van der Waals surface area contributed by atoms with Crippen molar-refractivity contribution in [3.63, 3.8) is 0 Å². The summed E-state index contributed by atoms with van der Waals surface area (Å²) in [5.41, 5.74) is 1.38. The summed E-state index contributed by atoms with van der Waals surface area (Å²) in [5.74, 6) is -0.120. The number of benzene rings is 1. The van der Waals surface area contributed by atoms with Crippen molar-refractivity contribution in [2.45, 2.75) is 18.4 Å². The second-order valence-electron chi connectivity index (χ2n) is 2.92. The lowest BCUT2D eigenvalue weighted by Crippen LogP contribution is -2.20. The van der Waals surface area contributed by atoms with Crippen LogP contribution in [0, 0.1) is 0 Å². The molecule has 0 bridgehead atoms. The summed E-state index contributed by atoms with van der Waals surface area (Å²) in [7, 11) is 0. The van der Waals surface area contributed by atoms with Crippen LogP contribution in [0.3, 0.4) is 0 Å². The lowest BCUT2D eigenvalue weighted by Gasteiger charge is -2.09. The van der Waals surface area contributed by atoms with E-state index in [1.165, 1.54) is 0 Å². The molecule has 0 heterocycles. The Labute approximate surface area is 91.3 Å². The molecule has 4 heteroatoms. The van der Waals surface area contributed by atoms with E-state index in [4.69, 9.17) is 5.11 Å². The molecule has 1 rings (SSSR count). The van der Waals surface area contributed by atoms with Crippen LogP contribution in [0.25, 0.3) is 0 Å². The summed E-state index contributed by atoms with van der Waals surface area (Å²) in [6.07, 6.45) is 0. The first-order valence-corrected chi connectivity index (χ1v) is 5.20. The van der Waals surface area contributed by atoms with Gasteiger partial charge < -0.3 is 10.4 Å². The molecule has 0 aliphatic carbocycles. The predicted octanol–water partition coefficient (Wildman–Crippen LogP) is 1.90. The minimum absolute atomic E-state index is 0.0763. The molecule has 1 unspecified atom stereocenters. The Morgan fingerprint density at radius 2 is 2.21 bits per heavy atom. The molecule has 1 aromatic carbocycles. The maximum atomic E-state index is 11.3. The second kappa shape index (κ2) is 5.12. The van der Waals surface area contributed by atoms with Gasteiger partial charge in [0.25, 0.3) is 0 Å². The number of para-hydroxylation sites is 1. The Morgan fingerprint density at radius 3 is 2.79 bits per heavy atom. The maximum Gasteiger partial charge on any atom is 0.237 e. The average molecular weight is 258 g/mol. The fourth-order valence-electron chi connectivity index (χ4n) is 1.01. The van der Waals surface area contributed by atoms with Gasteiger partial charge in [-0.15, -0.1) is 0 Å². The Kier molecular flexibility index (Phi) is 4.10. The molecule has 1 aromatic rings. The molecule has 3 nitrogen and oxygen atoms in total. The van der Waals surface area contributed by atoms with Crippen molar-refractivity contribution in [1.29, 1.82) is 0 Å². The first-order chi connectivity index (χ1) is 6.65. The standard InChI is InChI=1S/C10H12BrNO2/c1-7(11)10(14)12-9-5-3-2-4-8(9)6-13/h2-5,7,13H,6H2,1H3,(H,12,14). The van der Waals surface area contributed by atoms with Crippen LogP contribution in [-0.2, 0) is 11.4 Å². The van der Waals surface area contributed by atoms with Crippen LogP contribution in [0.2, 0.25) is 0 Å². The van der Waals surface area contributed by atoms with Crippen LogP contribution in [-0.4, -0.2) is 15.8 Å². The van der Waals surface area contributed by atoms with Crippen molar-refractivity contribution in [3.05, 3.63) is 29.8 Å². The zero-order valence-corrected chi connectivity index (χ0v) is 9.41. The van der Waals surface area contributed by atoms with Gasteiger partial charge in [-0.2, -0.15) is 0 Å². The van der Waals surface area contributed by atoms with E-state index in [0.29, 0.717) is 11.3 Å². The Balaban J connectivity index is 2.80. The lowest BCUT2D eigenvalue weighted by molar-refractivity contribution is -0.115. The van der Waals surface area contributed by atoms with E-state index in [2.05, 4.69) is 21.2 Å². The number of hydrogen-bond acceptors (Lipinski definition) is 2. The van der Waals surface area contributed by atoms with Gasteiger partial charge in [0.15, 0.2) is 0 Å². The van der Waals surface area contributed by atoms with Crippen LogP contribution < -0.4 is 5.32 Å². The zero-order valence-electron chi connectivity index (χ0n) is 7.83. The number of amides is 1. The van der Waals surface area contributed by atoms with E-state index in [1.807, 2.05) is 12.1 Å². The highest BCUT2D eigenvalue weighted by Gasteiger charge is 2.10. The van der Waals surface area contributed by atoms with Crippen LogP contribution in [0.1, 0.15) is 12.5 Å². The second-order valence-corrected chi connectivity index (χ2v) is 4.29. The fourth-order valence-corrected chi connectivity index (χ4v) is 1.13. The number of carbonyl (C=O) groups is 1. The number of anilines is 1. The molecule has 0 fully saturated rings. The van der Waals surface area contributed by atoms with Crippen molar-refractivity contribution >= 4 is 27.5 Å². The Bertz CT molecular complexity index is 326. The van der Waals surface area contributed by atoms with Crippen LogP contribution >= 0.6 is 15.9 Å². The number of aliphatic hydroxyl groups is 1. The molecule has 0 saturated heterocycles. The minimum atomic E-state index is -0.241. The number of aliphatic hydroxyl groups excluding tert-OH is 1. The van der Waals surface area contributed by atoms with Gasteiger partial charge in [-0.05, 0) is 13.0 Å². The number of rotatable bonds is 3. The summed E-state index contributed by atoms with van der Waals surface area (Å²) < 4.78 is 0. The van der Waals surface area contributed by atoms with Gasteiger partial charge in [0.2, 0.25) is 5.91 Å². The zero-order chi connectivity index (χ0) is 10.6. The van der Waals surface area contributed by atoms with Crippen molar-refractivity contribution in [2.75, 3.05) is 5.32 Å². The van der Waals surface area contributed by atoms with E-state index in [-0.39, 0.29) is 17.3 Å². The molecular formula is C10H12BrNO2. The molecule has 1 atom stereocenters. The molecule has 0 aromatic heterocycles. The SMILES string of the molecule is CC(Br)C(=O)Nc1ccccc1CO. The van der Waals surface area contributed by atoms with E-state index < -0.39 is 0 Å². The predicted molar refractivity (Wildman–Crippen MR) is 59.4 cm³/mol. The normalized spacial score (nSPS) is 12.2. The van der Waals surface area contributed by atoms with Crippen LogP contribution in [0.15, 0.2) is 24.3 Å². The van der Waals surface area contributed by atoms with Gasteiger partial charge in [0, 0.05) is 11.3 Å². The Hall–Kier alpha value is -0.870. The maximum absolute atomic E-state index is 11.3. The summed E-state index contributed by atoms with van der Waals surface area (Å²) in [5, 5.41) is 11.7. The minimum Gasteiger partial charge on any atom is -0.392 e. The van der Waals surface area contributed by atoms with Gasteiger partial charge in [-0.1, -0.05) is 34.1 Å². The number of carbonyl (C=O) groups excluding carboxylic acids is 1. The molecule has 0 radical (unpaired) electrons. The first kappa shape index (κ1) is 11.2. The van der Waals surface area contributed by atoms with Crippen molar-refractivity contribution in [1.82, 2.24) is 0 Å². The highest BCUT2D eigenvalue weighted by atomic mass is 79.9. The number of hydrogen-bond donors (Lipinski definition) is 2. The smallest absolute Gasteiger partial charge is 0.237 e. The van der Waals surface area contributed by atoms with E-state index >= 15 is 0 Å². The van der Waals surface area contributed by atoms with Gasteiger partial charge in [0.1, 0.15) is 0 Å². The third kappa shape index (κ3) is 2.82. The molecule has 0 aliphatic rings. The third-order valence-electron chi connectivity index (χ3n) is 1.81. The third-order valence-corrected chi connectivity index (χ3v) is 2.22. The van der Waals surface area contributed by atoms with E-state index in [1.54, 1.807) is 19.1 Å². The van der Waals surface area contributed by atoms with Crippen molar-refractivity contribution in [3.8, 4) is 0 Å². The highest BCUT2D eigenvalue weighted by molar-refractivity contribution is 9.10. The van der Waals surface area contributed by atoms with Gasteiger partial charge in [-0.3, -0.25) is 4.79 Å². The molecule has 2 N–H and O–H groups in total. The van der Waals surface area contributed by atoms with E-state index in [0.717, 1.165) is 0 Å². The molecule has 1 amide bonds.